The molecule has 2 nitrogen and oxygen atoms in total. The van der Waals surface area contributed by atoms with Gasteiger partial charge in [0.05, 0.1) is 5.25 Å². The Hall–Kier alpha value is -1.81. The Kier molecular flexibility index (Phi) is 6.66. The lowest BCUT2D eigenvalue weighted by Gasteiger charge is -2.20. The van der Waals surface area contributed by atoms with Crippen LogP contribution in [0.25, 0.3) is 0 Å². The van der Waals surface area contributed by atoms with Crippen LogP contribution in [-0.2, 0) is 17.1 Å². The van der Waals surface area contributed by atoms with E-state index in [1.807, 2.05) is 18.2 Å². The van der Waals surface area contributed by atoms with Crippen molar-refractivity contribution in [2.24, 2.45) is 5.92 Å². The first-order valence-electron chi connectivity index (χ1n) is 7.74. The molecule has 0 bridgehead atoms. The van der Waals surface area contributed by atoms with Crippen LogP contribution in [-0.4, -0.2) is 11.2 Å². The van der Waals surface area contributed by atoms with Crippen molar-refractivity contribution < 1.29 is 9.18 Å². The highest BCUT2D eigenvalue weighted by Gasteiger charge is 2.22. The molecule has 0 fully saturated rings. The predicted octanol–water partition coefficient (Wildman–Crippen LogP) is 4.40. The van der Waals surface area contributed by atoms with Crippen molar-refractivity contribution >= 4 is 17.7 Å². The first kappa shape index (κ1) is 17.5. The molecule has 1 N–H and O–H groups in total. The zero-order valence-electron chi connectivity index (χ0n) is 13.5. The van der Waals surface area contributed by atoms with Crippen molar-refractivity contribution in [2.75, 3.05) is 0 Å². The molecular formula is C19H22FNOS. The summed E-state index contributed by atoms with van der Waals surface area (Å²) in [5.41, 5.74) is 2.12. The molecule has 2 rings (SSSR count). The number of rotatable bonds is 7. The predicted molar refractivity (Wildman–Crippen MR) is 94.6 cm³/mol. The van der Waals surface area contributed by atoms with Crippen molar-refractivity contribution in [1.29, 1.82) is 0 Å². The average Bonchev–Trinajstić information content (AvgIpc) is 2.55. The second-order valence-electron chi connectivity index (χ2n) is 5.81. The summed E-state index contributed by atoms with van der Waals surface area (Å²) in [6.07, 6.45) is 0. The smallest absolute Gasteiger partial charge is 0.233 e. The summed E-state index contributed by atoms with van der Waals surface area (Å²) in [6.45, 7) is 4.54. The Morgan fingerprint density at radius 3 is 2.30 bits per heavy atom. The summed E-state index contributed by atoms with van der Waals surface area (Å²) in [4.78, 5) is 12.4. The lowest BCUT2D eigenvalue weighted by atomic mass is 10.1. The zero-order valence-corrected chi connectivity index (χ0v) is 14.3. The fourth-order valence-corrected chi connectivity index (χ4v) is 3.41. The summed E-state index contributed by atoms with van der Waals surface area (Å²) < 4.78 is 12.9. The second-order valence-corrected chi connectivity index (χ2v) is 6.94. The molecule has 1 unspecified atom stereocenters. The lowest BCUT2D eigenvalue weighted by Crippen LogP contribution is -2.35. The third kappa shape index (κ3) is 5.71. The SMILES string of the molecule is CC(C)C(SCc1ccccc1)C(=O)NCc1ccc(F)cc1. The highest BCUT2D eigenvalue weighted by Crippen LogP contribution is 2.24. The average molecular weight is 331 g/mol. The van der Waals surface area contributed by atoms with E-state index in [-0.39, 0.29) is 22.9 Å². The van der Waals surface area contributed by atoms with Crippen LogP contribution < -0.4 is 5.32 Å². The number of carbonyl (C=O) groups excluding carboxylic acids is 1. The van der Waals surface area contributed by atoms with Crippen molar-refractivity contribution in [1.82, 2.24) is 5.32 Å². The Labute approximate surface area is 141 Å². The summed E-state index contributed by atoms with van der Waals surface area (Å²) in [5, 5.41) is 2.85. The topological polar surface area (TPSA) is 29.1 Å². The third-order valence-electron chi connectivity index (χ3n) is 3.52. The van der Waals surface area contributed by atoms with E-state index in [0.29, 0.717) is 6.54 Å². The van der Waals surface area contributed by atoms with Crippen LogP contribution >= 0.6 is 11.8 Å². The first-order chi connectivity index (χ1) is 11.1. The number of nitrogens with one attached hydrogen (secondary N) is 1. The highest BCUT2D eigenvalue weighted by atomic mass is 32.2. The maximum absolute atomic E-state index is 12.9. The van der Waals surface area contributed by atoms with Crippen molar-refractivity contribution in [3.05, 3.63) is 71.5 Å². The van der Waals surface area contributed by atoms with Gasteiger partial charge in [0.15, 0.2) is 0 Å². The van der Waals surface area contributed by atoms with Gasteiger partial charge in [-0.3, -0.25) is 4.79 Å². The molecule has 0 radical (unpaired) electrons. The zero-order chi connectivity index (χ0) is 16.7. The quantitative estimate of drug-likeness (QED) is 0.815. The molecule has 4 heteroatoms. The van der Waals surface area contributed by atoms with Crippen molar-refractivity contribution in [3.8, 4) is 0 Å². The van der Waals surface area contributed by atoms with Crippen molar-refractivity contribution in [2.45, 2.75) is 31.4 Å². The largest absolute Gasteiger partial charge is 0.351 e. The number of carbonyl (C=O) groups is 1. The van der Waals surface area contributed by atoms with Gasteiger partial charge in [0.2, 0.25) is 5.91 Å². The summed E-state index contributed by atoms with van der Waals surface area (Å²) >= 11 is 1.66. The molecule has 2 aromatic rings. The molecule has 0 aliphatic carbocycles. The van der Waals surface area contributed by atoms with Gasteiger partial charge in [0.1, 0.15) is 5.82 Å². The lowest BCUT2D eigenvalue weighted by molar-refractivity contribution is -0.121. The van der Waals surface area contributed by atoms with E-state index in [1.54, 1.807) is 23.9 Å². The van der Waals surface area contributed by atoms with Crippen LogP contribution in [0.5, 0.6) is 0 Å². The Morgan fingerprint density at radius 2 is 1.70 bits per heavy atom. The van der Waals surface area contributed by atoms with Gasteiger partial charge in [-0.15, -0.1) is 11.8 Å². The number of hydrogen-bond acceptors (Lipinski definition) is 2. The number of thioether (sulfide) groups is 1. The van der Waals surface area contributed by atoms with Gasteiger partial charge in [0, 0.05) is 12.3 Å². The third-order valence-corrected chi connectivity index (χ3v) is 5.13. The molecule has 23 heavy (non-hydrogen) atoms. The van der Waals surface area contributed by atoms with Gasteiger partial charge in [-0.2, -0.15) is 0 Å². The van der Waals surface area contributed by atoms with Gasteiger partial charge >= 0.3 is 0 Å². The fraction of sp³-hybridized carbons (Fsp3) is 0.316. The van der Waals surface area contributed by atoms with Crippen molar-refractivity contribution in [3.63, 3.8) is 0 Å². The first-order valence-corrected chi connectivity index (χ1v) is 8.79. The number of hydrogen-bond donors (Lipinski definition) is 1. The number of halogens is 1. The molecule has 0 spiro atoms. The molecule has 0 aliphatic heterocycles. The molecular weight excluding hydrogens is 309 g/mol. The van der Waals surface area contributed by atoms with Crippen LogP contribution in [0.4, 0.5) is 4.39 Å². The fourth-order valence-electron chi connectivity index (χ4n) is 2.22. The molecule has 0 aliphatic rings. The normalized spacial score (nSPS) is 12.2. The van der Waals surface area contributed by atoms with E-state index in [2.05, 4.69) is 31.3 Å². The Bertz CT molecular complexity index is 613. The minimum atomic E-state index is -0.265. The molecule has 1 amide bonds. The molecule has 0 saturated carbocycles. The minimum Gasteiger partial charge on any atom is -0.351 e. The number of benzene rings is 2. The second kappa shape index (κ2) is 8.73. The molecule has 0 aromatic heterocycles. The summed E-state index contributed by atoms with van der Waals surface area (Å²) in [6, 6.07) is 16.3. The van der Waals surface area contributed by atoms with Crippen LogP contribution in [0.15, 0.2) is 54.6 Å². The molecule has 1 atom stereocenters. The molecule has 0 saturated heterocycles. The summed E-state index contributed by atoms with van der Waals surface area (Å²) in [7, 11) is 0. The Morgan fingerprint density at radius 1 is 1.04 bits per heavy atom. The van der Waals surface area contributed by atoms with Gasteiger partial charge in [-0.1, -0.05) is 56.3 Å². The Balaban J connectivity index is 1.89. The maximum atomic E-state index is 12.9. The van der Waals surface area contributed by atoms with E-state index < -0.39 is 0 Å². The summed E-state index contributed by atoms with van der Waals surface area (Å²) in [5.74, 6) is 0.828. The molecule has 122 valence electrons. The van der Waals surface area contributed by atoms with Gasteiger partial charge < -0.3 is 5.32 Å². The molecule has 0 heterocycles. The molecule has 2 aromatic carbocycles. The minimum absolute atomic E-state index is 0.0326. The highest BCUT2D eigenvalue weighted by molar-refractivity contribution is 7.99. The van der Waals surface area contributed by atoms with Gasteiger partial charge in [-0.05, 0) is 29.2 Å². The van der Waals surface area contributed by atoms with Crippen LogP contribution in [0.2, 0.25) is 0 Å². The van der Waals surface area contributed by atoms with Crippen LogP contribution in [0, 0.1) is 11.7 Å². The van der Waals surface area contributed by atoms with Gasteiger partial charge in [-0.25, -0.2) is 4.39 Å². The van der Waals surface area contributed by atoms with E-state index >= 15 is 0 Å². The maximum Gasteiger partial charge on any atom is 0.233 e. The van der Waals surface area contributed by atoms with Gasteiger partial charge in [0.25, 0.3) is 0 Å². The van der Waals surface area contributed by atoms with Crippen LogP contribution in [0.1, 0.15) is 25.0 Å². The monoisotopic (exact) mass is 331 g/mol. The van der Waals surface area contributed by atoms with E-state index in [4.69, 9.17) is 0 Å². The van der Waals surface area contributed by atoms with E-state index in [0.717, 1.165) is 11.3 Å². The standard InChI is InChI=1S/C19H22FNOS/c1-14(2)18(23-13-16-6-4-3-5-7-16)19(22)21-12-15-8-10-17(20)11-9-15/h3-11,14,18H,12-13H2,1-2H3,(H,21,22). The number of amides is 1. The van der Waals surface area contributed by atoms with E-state index in [1.165, 1.54) is 17.7 Å². The van der Waals surface area contributed by atoms with Crippen LogP contribution in [0.3, 0.4) is 0 Å². The van der Waals surface area contributed by atoms with E-state index in [9.17, 15) is 9.18 Å².